The summed E-state index contributed by atoms with van der Waals surface area (Å²) in [5.74, 6) is -1.03. The SMILES string of the molecule is CCc1ccc(CNC(CO)C(=O)O)cc1. The molecular weight excluding hydrogens is 206 g/mol. The van der Waals surface area contributed by atoms with Gasteiger partial charge in [-0.1, -0.05) is 31.2 Å². The average molecular weight is 223 g/mol. The van der Waals surface area contributed by atoms with Gasteiger partial charge in [-0.25, -0.2) is 0 Å². The van der Waals surface area contributed by atoms with Crippen LogP contribution in [-0.4, -0.2) is 28.8 Å². The van der Waals surface area contributed by atoms with Gasteiger partial charge >= 0.3 is 5.97 Å². The van der Waals surface area contributed by atoms with Gasteiger partial charge in [-0.3, -0.25) is 10.1 Å². The number of carboxylic acids is 1. The van der Waals surface area contributed by atoms with Crippen LogP contribution in [0.4, 0.5) is 0 Å². The largest absolute Gasteiger partial charge is 0.480 e. The van der Waals surface area contributed by atoms with Crippen LogP contribution in [0.1, 0.15) is 18.1 Å². The second-order valence-electron chi connectivity index (χ2n) is 3.62. The van der Waals surface area contributed by atoms with Crippen LogP contribution in [0.2, 0.25) is 0 Å². The highest BCUT2D eigenvalue weighted by atomic mass is 16.4. The van der Waals surface area contributed by atoms with Gasteiger partial charge in [0.25, 0.3) is 0 Å². The Morgan fingerprint density at radius 3 is 2.31 bits per heavy atom. The number of aliphatic hydroxyl groups is 1. The molecule has 16 heavy (non-hydrogen) atoms. The first-order valence-corrected chi connectivity index (χ1v) is 5.32. The van der Waals surface area contributed by atoms with Crippen LogP contribution in [0.3, 0.4) is 0 Å². The fourth-order valence-electron chi connectivity index (χ4n) is 1.36. The number of benzene rings is 1. The number of aliphatic carboxylic acids is 1. The van der Waals surface area contributed by atoms with E-state index in [2.05, 4.69) is 12.2 Å². The van der Waals surface area contributed by atoms with E-state index in [0.717, 1.165) is 12.0 Å². The topological polar surface area (TPSA) is 69.6 Å². The lowest BCUT2D eigenvalue weighted by molar-refractivity contribution is -0.140. The Morgan fingerprint density at radius 1 is 1.31 bits per heavy atom. The lowest BCUT2D eigenvalue weighted by Gasteiger charge is -2.11. The van der Waals surface area contributed by atoms with Gasteiger partial charge in [-0.15, -0.1) is 0 Å². The number of hydrogen-bond donors (Lipinski definition) is 3. The van der Waals surface area contributed by atoms with Crippen molar-refractivity contribution in [3.8, 4) is 0 Å². The van der Waals surface area contributed by atoms with Crippen LogP contribution in [-0.2, 0) is 17.8 Å². The maximum absolute atomic E-state index is 10.6. The zero-order valence-electron chi connectivity index (χ0n) is 9.31. The summed E-state index contributed by atoms with van der Waals surface area (Å²) in [6.45, 7) is 2.13. The Labute approximate surface area is 94.9 Å². The molecule has 1 unspecified atom stereocenters. The lowest BCUT2D eigenvalue weighted by Crippen LogP contribution is -2.39. The second-order valence-corrected chi connectivity index (χ2v) is 3.62. The standard InChI is InChI=1S/C12H17NO3/c1-2-9-3-5-10(6-4-9)7-13-11(8-14)12(15)16/h3-6,11,13-14H,2,7-8H2,1H3,(H,15,16). The number of carboxylic acid groups (broad SMARTS) is 1. The number of hydrogen-bond acceptors (Lipinski definition) is 3. The van der Waals surface area contributed by atoms with E-state index in [9.17, 15) is 4.79 Å². The fraction of sp³-hybridized carbons (Fsp3) is 0.417. The average Bonchev–Trinajstić information content (AvgIpc) is 2.30. The molecule has 0 saturated heterocycles. The van der Waals surface area contributed by atoms with Crippen molar-refractivity contribution in [2.45, 2.75) is 25.9 Å². The third-order valence-corrected chi connectivity index (χ3v) is 2.46. The van der Waals surface area contributed by atoms with Gasteiger partial charge in [-0.2, -0.15) is 0 Å². The van der Waals surface area contributed by atoms with Gasteiger partial charge in [0.2, 0.25) is 0 Å². The Hall–Kier alpha value is -1.39. The molecule has 0 amide bonds. The molecule has 1 aromatic rings. The Bertz CT molecular complexity index is 335. The van der Waals surface area contributed by atoms with Crippen molar-refractivity contribution in [3.63, 3.8) is 0 Å². The van der Waals surface area contributed by atoms with Crippen LogP contribution in [0.25, 0.3) is 0 Å². The van der Waals surface area contributed by atoms with Crippen molar-refractivity contribution in [2.24, 2.45) is 0 Å². The van der Waals surface area contributed by atoms with Crippen LogP contribution < -0.4 is 5.32 Å². The van der Waals surface area contributed by atoms with E-state index in [0.29, 0.717) is 6.54 Å². The summed E-state index contributed by atoms with van der Waals surface area (Å²) >= 11 is 0. The number of carbonyl (C=O) groups is 1. The number of aryl methyl sites for hydroxylation is 1. The summed E-state index contributed by atoms with van der Waals surface area (Å²) in [5, 5.41) is 20.3. The predicted octanol–water partition coefficient (Wildman–Crippen LogP) is 0.784. The van der Waals surface area contributed by atoms with Gasteiger partial charge < -0.3 is 10.2 Å². The summed E-state index contributed by atoms with van der Waals surface area (Å²) in [7, 11) is 0. The summed E-state index contributed by atoms with van der Waals surface area (Å²) in [4.78, 5) is 10.6. The van der Waals surface area contributed by atoms with Crippen molar-refractivity contribution in [2.75, 3.05) is 6.61 Å². The molecule has 0 aliphatic heterocycles. The number of rotatable bonds is 6. The number of aliphatic hydroxyl groups excluding tert-OH is 1. The Morgan fingerprint density at radius 2 is 1.88 bits per heavy atom. The van der Waals surface area contributed by atoms with E-state index in [1.165, 1.54) is 5.56 Å². The molecule has 88 valence electrons. The molecule has 4 heteroatoms. The Balaban J connectivity index is 2.50. The Kier molecular flexibility index (Phi) is 4.95. The highest BCUT2D eigenvalue weighted by Crippen LogP contribution is 2.04. The van der Waals surface area contributed by atoms with E-state index in [1.807, 2.05) is 24.3 Å². The third-order valence-electron chi connectivity index (χ3n) is 2.46. The molecular formula is C12H17NO3. The molecule has 0 aliphatic carbocycles. The van der Waals surface area contributed by atoms with Crippen LogP contribution in [0.5, 0.6) is 0 Å². The quantitative estimate of drug-likeness (QED) is 0.666. The first-order valence-electron chi connectivity index (χ1n) is 5.32. The van der Waals surface area contributed by atoms with Crippen molar-refractivity contribution >= 4 is 5.97 Å². The van der Waals surface area contributed by atoms with Crippen molar-refractivity contribution in [3.05, 3.63) is 35.4 Å². The van der Waals surface area contributed by atoms with Crippen molar-refractivity contribution in [1.29, 1.82) is 0 Å². The summed E-state index contributed by atoms with van der Waals surface area (Å²) < 4.78 is 0. The molecule has 0 heterocycles. The van der Waals surface area contributed by atoms with Gasteiger partial charge in [0.15, 0.2) is 0 Å². The summed E-state index contributed by atoms with van der Waals surface area (Å²) in [6, 6.07) is 7.06. The predicted molar refractivity (Wildman–Crippen MR) is 61.2 cm³/mol. The molecule has 1 rings (SSSR count). The molecule has 0 aliphatic rings. The van der Waals surface area contributed by atoms with Gasteiger partial charge in [-0.05, 0) is 17.5 Å². The van der Waals surface area contributed by atoms with Crippen LogP contribution >= 0.6 is 0 Å². The molecule has 0 radical (unpaired) electrons. The maximum atomic E-state index is 10.6. The second kappa shape index (κ2) is 6.25. The summed E-state index contributed by atoms with van der Waals surface area (Å²) in [5.41, 5.74) is 2.26. The van der Waals surface area contributed by atoms with E-state index >= 15 is 0 Å². The van der Waals surface area contributed by atoms with Gasteiger partial charge in [0.05, 0.1) is 6.61 Å². The highest BCUT2D eigenvalue weighted by Gasteiger charge is 2.14. The van der Waals surface area contributed by atoms with E-state index in [1.54, 1.807) is 0 Å². The summed E-state index contributed by atoms with van der Waals surface area (Å²) in [6.07, 6.45) is 0.988. The molecule has 0 saturated carbocycles. The van der Waals surface area contributed by atoms with E-state index < -0.39 is 18.6 Å². The maximum Gasteiger partial charge on any atom is 0.323 e. The highest BCUT2D eigenvalue weighted by molar-refractivity contribution is 5.73. The van der Waals surface area contributed by atoms with Crippen molar-refractivity contribution < 1.29 is 15.0 Å². The minimum atomic E-state index is -1.03. The van der Waals surface area contributed by atoms with Gasteiger partial charge in [0, 0.05) is 6.54 Å². The normalized spacial score (nSPS) is 12.4. The third kappa shape index (κ3) is 3.64. The first-order chi connectivity index (χ1) is 7.67. The van der Waals surface area contributed by atoms with Crippen LogP contribution in [0, 0.1) is 0 Å². The van der Waals surface area contributed by atoms with Crippen LogP contribution in [0.15, 0.2) is 24.3 Å². The molecule has 0 bridgehead atoms. The van der Waals surface area contributed by atoms with Crippen molar-refractivity contribution in [1.82, 2.24) is 5.32 Å². The molecule has 0 aromatic heterocycles. The molecule has 0 fully saturated rings. The molecule has 3 N–H and O–H groups in total. The zero-order chi connectivity index (χ0) is 12.0. The molecule has 0 spiro atoms. The van der Waals surface area contributed by atoms with Gasteiger partial charge in [0.1, 0.15) is 6.04 Å². The minimum absolute atomic E-state index is 0.400. The first kappa shape index (κ1) is 12.7. The lowest BCUT2D eigenvalue weighted by atomic mass is 10.1. The number of nitrogens with one attached hydrogen (secondary N) is 1. The molecule has 1 atom stereocenters. The zero-order valence-corrected chi connectivity index (χ0v) is 9.31. The smallest absolute Gasteiger partial charge is 0.323 e. The fourth-order valence-corrected chi connectivity index (χ4v) is 1.36. The molecule has 4 nitrogen and oxygen atoms in total. The minimum Gasteiger partial charge on any atom is -0.480 e. The van der Waals surface area contributed by atoms with E-state index in [4.69, 9.17) is 10.2 Å². The molecule has 1 aromatic carbocycles. The monoisotopic (exact) mass is 223 g/mol. The van der Waals surface area contributed by atoms with E-state index in [-0.39, 0.29) is 0 Å².